The molecule has 0 unspecified atom stereocenters. The van der Waals surface area contributed by atoms with Crippen LogP contribution in [0.1, 0.15) is 16.2 Å². The van der Waals surface area contributed by atoms with E-state index in [1.165, 1.54) is 6.07 Å². The van der Waals surface area contributed by atoms with Crippen molar-refractivity contribution in [2.45, 2.75) is 13.1 Å². The molecule has 0 amide bonds. The lowest BCUT2D eigenvalue weighted by Crippen LogP contribution is -2.19. The lowest BCUT2D eigenvalue weighted by Gasteiger charge is -2.02. The maximum Gasteiger partial charge on any atom is 0.358 e. The Morgan fingerprint density at radius 2 is 2.47 bits per heavy atom. The fourth-order valence-electron chi connectivity index (χ4n) is 1.33. The average Bonchev–Trinajstić information content (AvgIpc) is 2.96. The number of carbonyl (C=O) groups is 1. The first-order valence-corrected chi connectivity index (χ1v) is 5.13. The Bertz CT molecular complexity index is 477. The number of hydrogen-bond acceptors (Lipinski definition) is 5. The van der Waals surface area contributed by atoms with Gasteiger partial charge < -0.3 is 14.9 Å². The molecule has 0 atom stereocenters. The fourth-order valence-corrected chi connectivity index (χ4v) is 1.33. The number of aromatic nitrogens is 3. The molecule has 0 aliphatic rings. The molecule has 7 nitrogen and oxygen atoms in total. The molecule has 0 saturated heterocycles. The highest BCUT2D eigenvalue weighted by molar-refractivity contribution is 5.85. The van der Waals surface area contributed by atoms with Crippen LogP contribution in [0, 0.1) is 0 Å². The zero-order valence-electron chi connectivity index (χ0n) is 9.04. The highest BCUT2D eigenvalue weighted by Gasteiger charge is 2.09. The minimum atomic E-state index is -1.09. The number of carboxylic acid groups (broad SMARTS) is 1. The van der Waals surface area contributed by atoms with Crippen LogP contribution in [-0.2, 0) is 13.1 Å². The van der Waals surface area contributed by atoms with Gasteiger partial charge in [0, 0.05) is 25.0 Å². The second kappa shape index (κ2) is 5.26. The molecule has 90 valence electrons. The first kappa shape index (κ1) is 11.3. The molecule has 0 aliphatic carbocycles. The van der Waals surface area contributed by atoms with E-state index in [4.69, 9.17) is 9.63 Å². The van der Waals surface area contributed by atoms with Crippen LogP contribution in [0.2, 0.25) is 0 Å². The van der Waals surface area contributed by atoms with Gasteiger partial charge in [0.25, 0.3) is 0 Å². The van der Waals surface area contributed by atoms with Crippen LogP contribution in [0.3, 0.4) is 0 Å². The lowest BCUT2D eigenvalue weighted by atomic mass is 10.3. The fraction of sp³-hybridized carbons (Fsp3) is 0.300. The number of nitrogens with zero attached hydrogens (tertiary/aromatic N) is 3. The number of hydrogen-bond donors (Lipinski definition) is 2. The third-order valence-electron chi connectivity index (χ3n) is 2.15. The summed E-state index contributed by atoms with van der Waals surface area (Å²) in [5.74, 6) is -0.584. The van der Waals surface area contributed by atoms with Gasteiger partial charge in [-0.25, -0.2) is 4.79 Å². The van der Waals surface area contributed by atoms with Crippen molar-refractivity contribution in [3.8, 4) is 0 Å². The second-order valence-electron chi connectivity index (χ2n) is 3.43. The van der Waals surface area contributed by atoms with Crippen LogP contribution < -0.4 is 5.32 Å². The molecule has 0 aliphatic heterocycles. The van der Waals surface area contributed by atoms with Gasteiger partial charge in [0.1, 0.15) is 0 Å². The van der Waals surface area contributed by atoms with Crippen molar-refractivity contribution in [2.24, 2.45) is 0 Å². The Balaban J connectivity index is 1.72. The molecule has 2 N–H and O–H groups in total. The summed E-state index contributed by atoms with van der Waals surface area (Å²) in [6, 6.07) is 3.26. The SMILES string of the molecule is O=C(O)c1cc(CNCCn2cccn2)on1. The van der Waals surface area contributed by atoms with Crippen molar-refractivity contribution in [1.29, 1.82) is 0 Å². The second-order valence-corrected chi connectivity index (χ2v) is 3.43. The van der Waals surface area contributed by atoms with Crippen molar-refractivity contribution in [2.75, 3.05) is 6.54 Å². The quantitative estimate of drug-likeness (QED) is 0.703. The molecule has 0 saturated carbocycles. The van der Waals surface area contributed by atoms with Gasteiger partial charge in [0.05, 0.1) is 13.1 Å². The van der Waals surface area contributed by atoms with Gasteiger partial charge in [-0.3, -0.25) is 4.68 Å². The first-order chi connectivity index (χ1) is 8.25. The van der Waals surface area contributed by atoms with Crippen molar-refractivity contribution >= 4 is 5.97 Å². The molecule has 0 radical (unpaired) electrons. The van der Waals surface area contributed by atoms with Crippen LogP contribution in [0.4, 0.5) is 0 Å². The molecule has 0 bridgehead atoms. The molecule has 7 heteroatoms. The topological polar surface area (TPSA) is 93.2 Å². The molecule has 0 aromatic carbocycles. The molecular formula is C10H12N4O3. The molecule has 0 fully saturated rings. The number of carboxylic acids is 1. The third kappa shape index (κ3) is 3.15. The number of rotatable bonds is 6. The summed E-state index contributed by atoms with van der Waals surface area (Å²) < 4.78 is 6.65. The van der Waals surface area contributed by atoms with Gasteiger partial charge >= 0.3 is 5.97 Å². The monoisotopic (exact) mass is 236 g/mol. The van der Waals surface area contributed by atoms with Gasteiger partial charge in [0.15, 0.2) is 11.5 Å². The van der Waals surface area contributed by atoms with Gasteiger partial charge in [-0.1, -0.05) is 5.16 Å². The van der Waals surface area contributed by atoms with Gasteiger partial charge in [-0.05, 0) is 6.07 Å². The van der Waals surface area contributed by atoms with Crippen LogP contribution in [0.15, 0.2) is 29.0 Å². The summed E-state index contributed by atoms with van der Waals surface area (Å²) in [6.45, 7) is 1.90. The van der Waals surface area contributed by atoms with E-state index in [0.29, 0.717) is 18.8 Å². The van der Waals surface area contributed by atoms with Crippen LogP contribution in [0.5, 0.6) is 0 Å². The van der Waals surface area contributed by atoms with Crippen LogP contribution in [-0.4, -0.2) is 32.6 Å². The zero-order valence-corrected chi connectivity index (χ0v) is 9.04. The Morgan fingerprint density at radius 3 is 3.12 bits per heavy atom. The minimum absolute atomic E-state index is 0.0751. The molecule has 17 heavy (non-hydrogen) atoms. The van der Waals surface area contributed by atoms with E-state index in [0.717, 1.165) is 6.54 Å². The molecule has 2 rings (SSSR count). The highest BCUT2D eigenvalue weighted by atomic mass is 16.5. The summed E-state index contributed by atoms with van der Waals surface area (Å²) >= 11 is 0. The highest BCUT2D eigenvalue weighted by Crippen LogP contribution is 2.02. The van der Waals surface area contributed by atoms with E-state index in [1.807, 2.05) is 12.3 Å². The predicted octanol–water partition coefficient (Wildman–Crippen LogP) is 0.359. The van der Waals surface area contributed by atoms with Gasteiger partial charge in [-0.2, -0.15) is 5.10 Å². The van der Waals surface area contributed by atoms with Crippen molar-refractivity contribution in [1.82, 2.24) is 20.3 Å². The minimum Gasteiger partial charge on any atom is -0.476 e. The normalized spacial score (nSPS) is 10.6. The molecule has 2 aromatic heterocycles. The van der Waals surface area contributed by atoms with E-state index in [2.05, 4.69) is 15.6 Å². The van der Waals surface area contributed by atoms with E-state index in [1.54, 1.807) is 10.9 Å². The van der Waals surface area contributed by atoms with Gasteiger partial charge in [0.2, 0.25) is 0 Å². The number of aromatic carboxylic acids is 1. The van der Waals surface area contributed by atoms with Gasteiger partial charge in [-0.15, -0.1) is 0 Å². The summed E-state index contributed by atoms with van der Waals surface area (Å²) in [5.41, 5.74) is -0.0751. The Hall–Kier alpha value is -2.15. The van der Waals surface area contributed by atoms with E-state index >= 15 is 0 Å². The van der Waals surface area contributed by atoms with Crippen molar-refractivity contribution in [3.05, 3.63) is 36.0 Å². The number of nitrogens with one attached hydrogen (secondary N) is 1. The molecule has 0 spiro atoms. The van der Waals surface area contributed by atoms with Crippen molar-refractivity contribution in [3.63, 3.8) is 0 Å². The summed E-state index contributed by atoms with van der Waals surface area (Å²) in [6.07, 6.45) is 3.59. The van der Waals surface area contributed by atoms with E-state index in [-0.39, 0.29) is 5.69 Å². The predicted molar refractivity (Wildman–Crippen MR) is 57.4 cm³/mol. The van der Waals surface area contributed by atoms with E-state index < -0.39 is 5.97 Å². The summed E-state index contributed by atoms with van der Waals surface area (Å²) in [4.78, 5) is 10.5. The zero-order chi connectivity index (χ0) is 12.1. The summed E-state index contributed by atoms with van der Waals surface area (Å²) in [5, 5.41) is 19.2. The first-order valence-electron chi connectivity index (χ1n) is 5.13. The molecule has 2 heterocycles. The lowest BCUT2D eigenvalue weighted by molar-refractivity contribution is 0.0685. The largest absolute Gasteiger partial charge is 0.476 e. The smallest absolute Gasteiger partial charge is 0.358 e. The summed E-state index contributed by atoms with van der Waals surface area (Å²) in [7, 11) is 0. The molecular weight excluding hydrogens is 224 g/mol. The maximum absolute atomic E-state index is 10.5. The Kier molecular flexibility index (Phi) is 3.51. The van der Waals surface area contributed by atoms with Crippen LogP contribution >= 0.6 is 0 Å². The van der Waals surface area contributed by atoms with E-state index in [9.17, 15) is 4.79 Å². The standard InChI is InChI=1S/C10H12N4O3/c15-10(16)9-6-8(17-13-9)7-11-3-5-14-4-1-2-12-14/h1-2,4,6,11H,3,5,7H2,(H,15,16). The molecule has 2 aromatic rings. The third-order valence-corrected chi connectivity index (χ3v) is 2.15. The maximum atomic E-state index is 10.5. The Morgan fingerprint density at radius 1 is 1.59 bits per heavy atom. The Labute approximate surface area is 97.0 Å². The van der Waals surface area contributed by atoms with Crippen molar-refractivity contribution < 1.29 is 14.4 Å². The average molecular weight is 236 g/mol. The van der Waals surface area contributed by atoms with Crippen LogP contribution in [0.25, 0.3) is 0 Å².